The van der Waals surface area contributed by atoms with Crippen molar-refractivity contribution < 1.29 is 17.9 Å². The highest BCUT2D eigenvalue weighted by Crippen LogP contribution is 2.31. The predicted octanol–water partition coefficient (Wildman–Crippen LogP) is 2.40. The third-order valence-electron chi connectivity index (χ3n) is 3.71. The summed E-state index contributed by atoms with van der Waals surface area (Å²) < 4.78 is 31.9. The lowest BCUT2D eigenvalue weighted by Crippen LogP contribution is -2.33. The number of nitrogens with zero attached hydrogens (tertiary/aromatic N) is 2. The van der Waals surface area contributed by atoms with E-state index in [1.54, 1.807) is 30.4 Å². The number of benzene rings is 1. The summed E-state index contributed by atoms with van der Waals surface area (Å²) in [5.41, 5.74) is 1.91. The van der Waals surface area contributed by atoms with Gasteiger partial charge in [-0.3, -0.25) is 9.29 Å². The lowest BCUT2D eigenvalue weighted by molar-refractivity contribution is 0.0600. The van der Waals surface area contributed by atoms with Crippen LogP contribution >= 0.6 is 0 Å². The fraction of sp³-hybridized carbons (Fsp3) is 0.176. The van der Waals surface area contributed by atoms with Gasteiger partial charge >= 0.3 is 5.97 Å². The number of aromatic nitrogens is 1. The van der Waals surface area contributed by atoms with Crippen molar-refractivity contribution >= 4 is 27.8 Å². The van der Waals surface area contributed by atoms with E-state index in [1.165, 1.54) is 23.7 Å². The summed E-state index contributed by atoms with van der Waals surface area (Å²) in [6.45, 7) is 2.01. The van der Waals surface area contributed by atoms with Gasteiger partial charge in [0.15, 0.2) is 0 Å². The molecule has 0 atom stereocenters. The zero-order valence-corrected chi connectivity index (χ0v) is 14.1. The van der Waals surface area contributed by atoms with Gasteiger partial charge in [-0.15, -0.1) is 0 Å². The lowest BCUT2D eigenvalue weighted by atomic mass is 10.1. The van der Waals surface area contributed by atoms with E-state index in [-0.39, 0.29) is 17.0 Å². The molecule has 24 heavy (non-hydrogen) atoms. The fourth-order valence-electron chi connectivity index (χ4n) is 2.51. The minimum absolute atomic E-state index is 0.176. The Kier molecular flexibility index (Phi) is 4.11. The molecule has 124 valence electrons. The average Bonchev–Trinajstić information content (AvgIpc) is 2.60. The van der Waals surface area contributed by atoms with Crippen molar-refractivity contribution in [3.63, 3.8) is 0 Å². The van der Waals surface area contributed by atoms with E-state index in [9.17, 15) is 13.2 Å². The number of anilines is 1. The topological polar surface area (TPSA) is 76.6 Å². The van der Waals surface area contributed by atoms with Crippen molar-refractivity contribution in [2.24, 2.45) is 0 Å². The van der Waals surface area contributed by atoms with E-state index in [4.69, 9.17) is 0 Å². The standard InChI is InChI=1S/C17H16N2O4S/c1-12-5-3-6-14(9-12)24(21,22)19-8-4-7-15-16(19)10-13(11-18-15)17(20)23-2/h3-7,9-11H,8H2,1-2H3. The molecule has 0 radical (unpaired) electrons. The van der Waals surface area contributed by atoms with Gasteiger partial charge in [0.25, 0.3) is 10.0 Å². The maximum atomic E-state index is 13.0. The van der Waals surface area contributed by atoms with Crippen LogP contribution in [0.4, 0.5) is 5.69 Å². The first kappa shape index (κ1) is 16.2. The number of hydrogen-bond donors (Lipinski definition) is 0. The Morgan fingerprint density at radius 2 is 2.08 bits per heavy atom. The second kappa shape index (κ2) is 6.09. The van der Waals surface area contributed by atoms with Gasteiger partial charge < -0.3 is 4.74 Å². The third-order valence-corrected chi connectivity index (χ3v) is 5.49. The average molecular weight is 344 g/mol. The minimum atomic E-state index is -3.76. The molecule has 1 aliphatic rings. The zero-order chi connectivity index (χ0) is 17.3. The molecule has 0 spiro atoms. The highest BCUT2D eigenvalue weighted by Gasteiger charge is 2.28. The Hall–Kier alpha value is -2.67. The summed E-state index contributed by atoms with van der Waals surface area (Å²) in [6, 6.07) is 8.19. The molecule has 0 fully saturated rings. The Bertz CT molecular complexity index is 935. The van der Waals surface area contributed by atoms with Crippen LogP contribution in [0.2, 0.25) is 0 Å². The molecule has 7 heteroatoms. The van der Waals surface area contributed by atoms with E-state index in [0.29, 0.717) is 11.4 Å². The van der Waals surface area contributed by atoms with Crippen molar-refractivity contribution in [1.82, 2.24) is 4.98 Å². The molecule has 2 heterocycles. The number of methoxy groups -OCH3 is 1. The molecular weight excluding hydrogens is 328 g/mol. The Balaban J connectivity index is 2.11. The molecule has 0 aliphatic carbocycles. The number of hydrogen-bond acceptors (Lipinski definition) is 5. The van der Waals surface area contributed by atoms with Crippen LogP contribution in [0, 0.1) is 6.92 Å². The molecule has 0 saturated heterocycles. The first-order valence-corrected chi connectivity index (χ1v) is 8.72. The number of rotatable bonds is 3. The zero-order valence-electron chi connectivity index (χ0n) is 13.3. The number of aryl methyl sites for hydroxylation is 1. The van der Waals surface area contributed by atoms with Crippen LogP contribution in [0.5, 0.6) is 0 Å². The summed E-state index contributed by atoms with van der Waals surface area (Å²) >= 11 is 0. The van der Waals surface area contributed by atoms with Gasteiger partial charge in [0.05, 0.1) is 35.5 Å². The summed E-state index contributed by atoms with van der Waals surface area (Å²) in [5, 5.41) is 0. The number of carbonyl (C=O) groups is 1. The molecule has 6 nitrogen and oxygen atoms in total. The number of ether oxygens (including phenoxy) is 1. The Morgan fingerprint density at radius 1 is 1.29 bits per heavy atom. The first-order chi connectivity index (χ1) is 11.4. The summed E-state index contributed by atoms with van der Waals surface area (Å²) in [5.74, 6) is -0.562. The smallest absolute Gasteiger partial charge is 0.339 e. The van der Waals surface area contributed by atoms with Gasteiger partial charge in [-0.05, 0) is 36.8 Å². The lowest BCUT2D eigenvalue weighted by Gasteiger charge is -2.27. The maximum Gasteiger partial charge on any atom is 0.339 e. The van der Waals surface area contributed by atoms with Gasteiger partial charge in [0, 0.05) is 6.20 Å². The van der Waals surface area contributed by atoms with E-state index in [2.05, 4.69) is 9.72 Å². The van der Waals surface area contributed by atoms with Crippen molar-refractivity contribution in [1.29, 1.82) is 0 Å². The molecule has 2 aromatic rings. The summed E-state index contributed by atoms with van der Waals surface area (Å²) in [7, 11) is -2.49. The van der Waals surface area contributed by atoms with Crippen molar-refractivity contribution in [3.05, 3.63) is 59.4 Å². The van der Waals surface area contributed by atoms with Crippen molar-refractivity contribution in [2.75, 3.05) is 18.0 Å². The highest BCUT2D eigenvalue weighted by molar-refractivity contribution is 7.92. The van der Waals surface area contributed by atoms with Crippen LogP contribution in [0.25, 0.3) is 6.08 Å². The van der Waals surface area contributed by atoms with Crippen LogP contribution < -0.4 is 4.31 Å². The fourth-order valence-corrected chi connectivity index (χ4v) is 4.04. The number of esters is 1. The largest absolute Gasteiger partial charge is 0.465 e. The molecule has 0 amide bonds. The second-order valence-corrected chi connectivity index (χ2v) is 7.24. The molecule has 3 rings (SSSR count). The summed E-state index contributed by atoms with van der Waals surface area (Å²) in [6.07, 6.45) is 4.83. The third kappa shape index (κ3) is 2.78. The van der Waals surface area contributed by atoms with E-state index < -0.39 is 16.0 Å². The molecular formula is C17H16N2O4S. The van der Waals surface area contributed by atoms with Crippen LogP contribution in [0.15, 0.2) is 47.5 Å². The molecule has 1 aromatic carbocycles. The van der Waals surface area contributed by atoms with E-state index in [0.717, 1.165) is 5.56 Å². The monoisotopic (exact) mass is 344 g/mol. The molecule has 0 saturated carbocycles. The van der Waals surface area contributed by atoms with Crippen molar-refractivity contribution in [2.45, 2.75) is 11.8 Å². The molecule has 1 aromatic heterocycles. The van der Waals surface area contributed by atoms with Gasteiger partial charge in [-0.25, -0.2) is 13.2 Å². The predicted molar refractivity (Wildman–Crippen MR) is 90.3 cm³/mol. The quantitative estimate of drug-likeness (QED) is 0.799. The van der Waals surface area contributed by atoms with Gasteiger partial charge in [0.2, 0.25) is 0 Å². The van der Waals surface area contributed by atoms with Crippen molar-refractivity contribution in [3.8, 4) is 0 Å². The minimum Gasteiger partial charge on any atom is -0.465 e. The highest BCUT2D eigenvalue weighted by atomic mass is 32.2. The number of pyridine rings is 1. The summed E-state index contributed by atoms with van der Waals surface area (Å²) in [4.78, 5) is 16.1. The van der Waals surface area contributed by atoms with Crippen LogP contribution in [0.1, 0.15) is 21.6 Å². The Labute approximate surface area is 140 Å². The maximum absolute atomic E-state index is 13.0. The Morgan fingerprint density at radius 3 is 2.79 bits per heavy atom. The molecule has 1 aliphatic heterocycles. The second-order valence-electron chi connectivity index (χ2n) is 5.37. The van der Waals surface area contributed by atoms with Gasteiger partial charge in [0.1, 0.15) is 0 Å². The van der Waals surface area contributed by atoms with Crippen LogP contribution in [0.3, 0.4) is 0 Å². The van der Waals surface area contributed by atoms with Crippen LogP contribution in [-0.4, -0.2) is 33.0 Å². The van der Waals surface area contributed by atoms with E-state index in [1.807, 2.05) is 13.0 Å². The normalized spacial score (nSPS) is 13.5. The molecule has 0 bridgehead atoms. The van der Waals surface area contributed by atoms with E-state index >= 15 is 0 Å². The van der Waals surface area contributed by atoms with Gasteiger partial charge in [-0.2, -0.15) is 0 Å². The number of sulfonamides is 1. The number of fused-ring (bicyclic) bond motifs is 1. The first-order valence-electron chi connectivity index (χ1n) is 7.28. The van der Waals surface area contributed by atoms with Gasteiger partial charge in [-0.1, -0.05) is 18.2 Å². The molecule has 0 unspecified atom stereocenters. The number of carbonyl (C=O) groups excluding carboxylic acids is 1. The van der Waals surface area contributed by atoms with Crippen LogP contribution in [-0.2, 0) is 14.8 Å². The SMILES string of the molecule is COC(=O)c1cnc2c(c1)N(S(=O)(=O)c1cccc(C)c1)CC=C2. The molecule has 0 N–H and O–H groups in total.